The van der Waals surface area contributed by atoms with Gasteiger partial charge in [0.05, 0.1) is 19.9 Å². The van der Waals surface area contributed by atoms with Crippen LogP contribution in [0.5, 0.6) is 11.5 Å². The Hall–Kier alpha value is -2.34. The molecular weight excluding hydrogens is 312 g/mol. The van der Waals surface area contributed by atoms with Crippen molar-refractivity contribution >= 4 is 28.5 Å². The lowest BCUT2D eigenvalue weighted by molar-refractivity contribution is -0.111. The Labute approximate surface area is 139 Å². The first-order valence-electron chi connectivity index (χ1n) is 7.39. The molecule has 1 aromatic heterocycles. The Morgan fingerprint density at radius 2 is 2.09 bits per heavy atom. The molecule has 0 fully saturated rings. The summed E-state index contributed by atoms with van der Waals surface area (Å²) in [5.74, 6) is 1.10. The average Bonchev–Trinajstić information content (AvgIpc) is 3.13. The third-order valence-corrected chi connectivity index (χ3v) is 4.73. The van der Waals surface area contributed by atoms with Gasteiger partial charge in [0.1, 0.15) is 0 Å². The molecule has 0 aliphatic heterocycles. The zero-order valence-corrected chi connectivity index (χ0v) is 13.9. The van der Waals surface area contributed by atoms with E-state index in [1.165, 1.54) is 17.4 Å². The molecule has 5 nitrogen and oxygen atoms in total. The van der Waals surface area contributed by atoms with E-state index in [9.17, 15) is 4.79 Å². The molecule has 0 atom stereocenters. The van der Waals surface area contributed by atoms with Gasteiger partial charge in [0, 0.05) is 11.0 Å². The van der Waals surface area contributed by atoms with Gasteiger partial charge in [0.25, 0.3) is 0 Å². The average molecular weight is 330 g/mol. The highest BCUT2D eigenvalue weighted by molar-refractivity contribution is 7.15. The van der Waals surface area contributed by atoms with E-state index in [-0.39, 0.29) is 5.91 Å². The quantitative estimate of drug-likeness (QED) is 0.855. The van der Waals surface area contributed by atoms with Crippen molar-refractivity contribution in [3.05, 3.63) is 40.4 Å². The molecule has 2 aromatic rings. The van der Waals surface area contributed by atoms with Crippen LogP contribution in [0.4, 0.5) is 5.13 Å². The van der Waals surface area contributed by atoms with Gasteiger partial charge < -0.3 is 9.47 Å². The number of benzene rings is 1. The number of methoxy groups -OCH3 is 2. The van der Waals surface area contributed by atoms with Crippen molar-refractivity contribution < 1.29 is 14.3 Å². The van der Waals surface area contributed by atoms with Crippen molar-refractivity contribution in [3.8, 4) is 11.5 Å². The van der Waals surface area contributed by atoms with Crippen LogP contribution >= 0.6 is 11.3 Å². The number of hydrogen-bond donors (Lipinski definition) is 1. The Bertz CT molecular complexity index is 731. The fourth-order valence-corrected chi connectivity index (χ4v) is 3.57. The number of carbonyl (C=O) groups is 1. The minimum Gasteiger partial charge on any atom is -0.493 e. The highest BCUT2D eigenvalue weighted by Gasteiger charge is 2.17. The first kappa shape index (κ1) is 15.6. The molecule has 0 spiro atoms. The van der Waals surface area contributed by atoms with Crippen LogP contribution in [0.3, 0.4) is 0 Å². The number of nitrogens with zero attached hydrogens (tertiary/aromatic N) is 1. The molecule has 1 amide bonds. The molecule has 0 bridgehead atoms. The van der Waals surface area contributed by atoms with Gasteiger partial charge in [-0.05, 0) is 43.0 Å². The molecule has 1 heterocycles. The fourth-order valence-electron chi connectivity index (χ4n) is 2.52. The largest absolute Gasteiger partial charge is 0.493 e. The Morgan fingerprint density at radius 1 is 1.26 bits per heavy atom. The topological polar surface area (TPSA) is 60.5 Å². The van der Waals surface area contributed by atoms with Crippen LogP contribution in [0.2, 0.25) is 0 Å². The molecule has 0 saturated heterocycles. The van der Waals surface area contributed by atoms with E-state index in [1.54, 1.807) is 31.6 Å². The van der Waals surface area contributed by atoms with Crippen molar-refractivity contribution in [3.63, 3.8) is 0 Å². The van der Waals surface area contributed by atoms with Gasteiger partial charge in [-0.2, -0.15) is 0 Å². The summed E-state index contributed by atoms with van der Waals surface area (Å²) >= 11 is 1.57. The highest BCUT2D eigenvalue weighted by Crippen LogP contribution is 2.30. The second-order valence-electron chi connectivity index (χ2n) is 5.18. The number of aromatic nitrogens is 1. The van der Waals surface area contributed by atoms with E-state index < -0.39 is 0 Å². The van der Waals surface area contributed by atoms with Crippen LogP contribution in [0.1, 0.15) is 22.6 Å². The van der Waals surface area contributed by atoms with Crippen molar-refractivity contribution in [2.75, 3.05) is 19.5 Å². The number of aryl methyl sites for hydroxylation is 2. The molecule has 0 saturated carbocycles. The third kappa shape index (κ3) is 3.53. The Morgan fingerprint density at radius 3 is 2.83 bits per heavy atom. The second-order valence-corrected chi connectivity index (χ2v) is 6.26. The van der Waals surface area contributed by atoms with Crippen LogP contribution in [0.15, 0.2) is 24.3 Å². The van der Waals surface area contributed by atoms with Gasteiger partial charge in [-0.25, -0.2) is 4.98 Å². The highest BCUT2D eigenvalue weighted by atomic mass is 32.1. The smallest absolute Gasteiger partial charge is 0.250 e. The van der Waals surface area contributed by atoms with Crippen LogP contribution in [-0.4, -0.2) is 25.1 Å². The number of fused-ring (bicyclic) bond motifs is 1. The Kier molecular flexibility index (Phi) is 4.62. The van der Waals surface area contributed by atoms with Crippen molar-refractivity contribution in [1.29, 1.82) is 0 Å². The van der Waals surface area contributed by atoms with Gasteiger partial charge in [-0.3, -0.25) is 10.1 Å². The molecule has 6 heteroatoms. The number of anilines is 1. The molecule has 3 rings (SSSR count). The van der Waals surface area contributed by atoms with Gasteiger partial charge >= 0.3 is 0 Å². The number of thiazole rings is 1. The number of amides is 1. The lowest BCUT2D eigenvalue weighted by atomic mass is 10.2. The maximum absolute atomic E-state index is 12.0. The van der Waals surface area contributed by atoms with Crippen LogP contribution in [0.25, 0.3) is 6.08 Å². The zero-order chi connectivity index (χ0) is 16.2. The summed E-state index contributed by atoms with van der Waals surface area (Å²) in [5, 5.41) is 3.50. The predicted octanol–water partition coefficient (Wildman–Crippen LogP) is 3.30. The summed E-state index contributed by atoms with van der Waals surface area (Å²) in [6.07, 6.45) is 6.49. The lowest BCUT2D eigenvalue weighted by Gasteiger charge is -2.07. The Balaban J connectivity index is 1.65. The summed E-state index contributed by atoms with van der Waals surface area (Å²) in [6.45, 7) is 0. The van der Waals surface area contributed by atoms with E-state index in [1.807, 2.05) is 18.2 Å². The summed E-state index contributed by atoms with van der Waals surface area (Å²) in [4.78, 5) is 17.8. The van der Waals surface area contributed by atoms with Crippen LogP contribution < -0.4 is 14.8 Å². The molecule has 23 heavy (non-hydrogen) atoms. The molecule has 1 aliphatic carbocycles. The number of hydrogen-bond acceptors (Lipinski definition) is 5. The first-order valence-corrected chi connectivity index (χ1v) is 8.21. The molecule has 1 N–H and O–H groups in total. The van der Waals surface area contributed by atoms with Crippen LogP contribution in [0, 0.1) is 0 Å². The van der Waals surface area contributed by atoms with E-state index in [2.05, 4.69) is 10.3 Å². The summed E-state index contributed by atoms with van der Waals surface area (Å²) < 4.78 is 10.4. The lowest BCUT2D eigenvalue weighted by Crippen LogP contribution is -2.07. The minimum atomic E-state index is -0.188. The first-order chi connectivity index (χ1) is 11.2. The predicted molar refractivity (Wildman–Crippen MR) is 91.3 cm³/mol. The number of rotatable bonds is 5. The normalized spacial score (nSPS) is 13.1. The van der Waals surface area contributed by atoms with Crippen molar-refractivity contribution in [2.24, 2.45) is 0 Å². The molecule has 1 aliphatic rings. The van der Waals surface area contributed by atoms with Gasteiger partial charge in [-0.1, -0.05) is 6.07 Å². The molecule has 120 valence electrons. The van der Waals surface area contributed by atoms with Gasteiger partial charge in [0.15, 0.2) is 16.6 Å². The van der Waals surface area contributed by atoms with Gasteiger partial charge in [0.2, 0.25) is 5.91 Å². The third-order valence-electron chi connectivity index (χ3n) is 3.66. The van der Waals surface area contributed by atoms with E-state index >= 15 is 0 Å². The van der Waals surface area contributed by atoms with E-state index in [4.69, 9.17) is 9.47 Å². The van der Waals surface area contributed by atoms with E-state index in [0.29, 0.717) is 16.6 Å². The zero-order valence-electron chi connectivity index (χ0n) is 13.1. The number of carbonyl (C=O) groups excluding carboxylic acids is 1. The summed E-state index contributed by atoms with van der Waals surface area (Å²) in [7, 11) is 3.17. The van der Waals surface area contributed by atoms with Crippen molar-refractivity contribution in [1.82, 2.24) is 4.98 Å². The second kappa shape index (κ2) is 6.83. The number of ether oxygens (including phenoxy) is 2. The molecule has 0 unspecified atom stereocenters. The monoisotopic (exact) mass is 330 g/mol. The summed E-state index contributed by atoms with van der Waals surface area (Å²) in [5.41, 5.74) is 1.99. The summed E-state index contributed by atoms with van der Waals surface area (Å²) in [6, 6.07) is 5.49. The molecular formula is C17H18N2O3S. The maximum atomic E-state index is 12.0. The minimum absolute atomic E-state index is 0.188. The van der Waals surface area contributed by atoms with Crippen LogP contribution in [-0.2, 0) is 17.6 Å². The number of nitrogens with one attached hydrogen (secondary N) is 1. The fraction of sp³-hybridized carbons (Fsp3) is 0.294. The maximum Gasteiger partial charge on any atom is 0.250 e. The van der Waals surface area contributed by atoms with Crippen molar-refractivity contribution in [2.45, 2.75) is 19.3 Å². The molecule has 0 radical (unpaired) electrons. The van der Waals surface area contributed by atoms with Gasteiger partial charge in [-0.15, -0.1) is 11.3 Å². The standard InChI is InChI=1S/C17H18N2O3S/c1-21-13-8-6-11(10-14(13)22-2)7-9-16(20)19-17-18-12-4-3-5-15(12)23-17/h6-10H,3-5H2,1-2H3,(H,18,19,20). The molecule has 1 aromatic carbocycles. The van der Waals surface area contributed by atoms with E-state index in [0.717, 1.165) is 24.1 Å². The SMILES string of the molecule is COc1ccc(C=CC(=O)Nc2nc3c(s2)CCC3)cc1OC.